The van der Waals surface area contributed by atoms with E-state index in [0.29, 0.717) is 5.92 Å². The Balaban J connectivity index is 1.49. The maximum Gasteiger partial charge on any atom is 0.264 e. The van der Waals surface area contributed by atoms with Crippen LogP contribution >= 0.6 is 11.3 Å². The minimum atomic E-state index is -0.172. The number of benzene rings is 1. The lowest BCUT2D eigenvalue weighted by Gasteiger charge is -2.23. The lowest BCUT2D eigenvalue weighted by atomic mass is 10.1. The van der Waals surface area contributed by atoms with Gasteiger partial charge in [0.25, 0.3) is 5.91 Å². The van der Waals surface area contributed by atoms with Crippen molar-refractivity contribution in [3.8, 4) is 0 Å². The van der Waals surface area contributed by atoms with Gasteiger partial charge in [0.15, 0.2) is 0 Å². The van der Waals surface area contributed by atoms with Crippen LogP contribution in [0.3, 0.4) is 0 Å². The summed E-state index contributed by atoms with van der Waals surface area (Å²) in [5, 5.41) is 2.07. The molecule has 3 aromatic heterocycles. The second kappa shape index (κ2) is 6.66. The Hall–Kier alpha value is -2.73. The largest absolute Gasteiger partial charge is 0.459 e. The third-order valence-electron chi connectivity index (χ3n) is 5.88. The van der Waals surface area contributed by atoms with Gasteiger partial charge in [-0.05, 0) is 51.3 Å². The van der Waals surface area contributed by atoms with Crippen molar-refractivity contribution in [3.05, 3.63) is 58.1 Å². The first-order chi connectivity index (χ1) is 13.9. The molecule has 3 heterocycles. The average molecular weight is 406 g/mol. The summed E-state index contributed by atoms with van der Waals surface area (Å²) in [5.74, 6) is 2.20. The second-order valence-corrected chi connectivity index (χ2v) is 8.96. The Morgan fingerprint density at radius 1 is 1.24 bits per heavy atom. The highest BCUT2D eigenvalue weighted by molar-refractivity contribution is 7.20. The van der Waals surface area contributed by atoms with Crippen molar-refractivity contribution < 1.29 is 9.21 Å². The van der Waals surface area contributed by atoms with E-state index in [1.165, 1.54) is 24.2 Å². The van der Waals surface area contributed by atoms with Crippen LogP contribution in [-0.4, -0.2) is 27.8 Å². The number of hydrogen-bond acceptors (Lipinski definition) is 5. The summed E-state index contributed by atoms with van der Waals surface area (Å²) in [6.07, 6.45) is 2.33. The third-order valence-corrected chi connectivity index (χ3v) is 7.06. The van der Waals surface area contributed by atoms with E-state index < -0.39 is 0 Å². The zero-order valence-corrected chi connectivity index (χ0v) is 17.8. The van der Waals surface area contributed by atoms with Crippen molar-refractivity contribution in [1.29, 1.82) is 0 Å². The Bertz CT molecular complexity index is 1220. The molecule has 1 atom stereocenters. The smallest absolute Gasteiger partial charge is 0.264 e. The van der Waals surface area contributed by atoms with E-state index in [-0.39, 0.29) is 11.9 Å². The van der Waals surface area contributed by atoms with Crippen LogP contribution in [0.2, 0.25) is 0 Å². The van der Waals surface area contributed by atoms with Gasteiger partial charge in [0, 0.05) is 23.7 Å². The van der Waals surface area contributed by atoms with E-state index in [2.05, 4.69) is 0 Å². The number of thiophene rings is 1. The summed E-state index contributed by atoms with van der Waals surface area (Å²) in [7, 11) is 1.83. The number of rotatable bonds is 4. The molecule has 0 saturated heterocycles. The van der Waals surface area contributed by atoms with Gasteiger partial charge >= 0.3 is 0 Å². The molecular formula is C23H23N3O2S. The summed E-state index contributed by atoms with van der Waals surface area (Å²) in [6, 6.07) is 9.75. The molecule has 1 saturated carbocycles. The number of carbonyl (C=O) groups is 1. The average Bonchev–Trinajstić information content (AvgIpc) is 3.39. The monoisotopic (exact) mass is 405 g/mol. The highest BCUT2D eigenvalue weighted by Crippen LogP contribution is 2.41. The molecule has 6 heteroatoms. The van der Waals surface area contributed by atoms with Gasteiger partial charge in [0.2, 0.25) is 0 Å². The van der Waals surface area contributed by atoms with Gasteiger partial charge in [0.05, 0.1) is 16.6 Å². The molecule has 148 valence electrons. The second-order valence-electron chi connectivity index (χ2n) is 7.96. The van der Waals surface area contributed by atoms with Crippen LogP contribution in [0.4, 0.5) is 0 Å². The number of para-hydroxylation sites is 1. The number of aryl methyl sites for hydroxylation is 2. The van der Waals surface area contributed by atoms with Gasteiger partial charge in [0.1, 0.15) is 22.0 Å². The number of aromatic nitrogens is 2. The normalized spacial score (nSPS) is 15.2. The SMILES string of the molecule is Cc1nc(C2CC2)nc2sc(C(=O)N(C)[C@@H](C)c3cc4ccccc4o3)c(C)c12. The van der Waals surface area contributed by atoms with Crippen LogP contribution in [0.5, 0.6) is 0 Å². The van der Waals surface area contributed by atoms with Crippen LogP contribution < -0.4 is 0 Å². The Morgan fingerprint density at radius 2 is 2.00 bits per heavy atom. The molecule has 1 amide bonds. The van der Waals surface area contributed by atoms with Gasteiger partial charge < -0.3 is 9.32 Å². The molecule has 0 unspecified atom stereocenters. The third kappa shape index (κ3) is 3.02. The highest BCUT2D eigenvalue weighted by Gasteiger charge is 2.30. The molecule has 29 heavy (non-hydrogen) atoms. The van der Waals surface area contributed by atoms with Gasteiger partial charge in [-0.15, -0.1) is 11.3 Å². The predicted octanol–water partition coefficient (Wildman–Crippen LogP) is 5.76. The van der Waals surface area contributed by atoms with Crippen molar-refractivity contribution in [2.75, 3.05) is 7.05 Å². The zero-order valence-electron chi connectivity index (χ0n) is 17.0. The molecule has 1 aliphatic carbocycles. The fourth-order valence-corrected chi connectivity index (χ4v) is 5.04. The van der Waals surface area contributed by atoms with E-state index in [1.807, 2.05) is 58.2 Å². The Labute approximate surface area is 173 Å². The van der Waals surface area contributed by atoms with Crippen molar-refractivity contribution in [3.63, 3.8) is 0 Å². The highest BCUT2D eigenvalue weighted by atomic mass is 32.1. The van der Waals surface area contributed by atoms with Crippen LogP contribution in [0.15, 0.2) is 34.7 Å². The van der Waals surface area contributed by atoms with Gasteiger partial charge in [-0.1, -0.05) is 18.2 Å². The number of amides is 1. The van der Waals surface area contributed by atoms with Gasteiger partial charge in [-0.25, -0.2) is 9.97 Å². The molecule has 0 radical (unpaired) electrons. The van der Waals surface area contributed by atoms with E-state index in [1.54, 1.807) is 4.90 Å². The van der Waals surface area contributed by atoms with Crippen LogP contribution in [-0.2, 0) is 0 Å². The molecule has 0 bridgehead atoms. The molecule has 0 N–H and O–H groups in total. The fourth-order valence-electron chi connectivity index (χ4n) is 3.82. The van der Waals surface area contributed by atoms with Crippen molar-refractivity contribution in [2.45, 2.75) is 45.6 Å². The molecule has 0 aliphatic heterocycles. The summed E-state index contributed by atoms with van der Waals surface area (Å²) in [6.45, 7) is 6.01. The van der Waals surface area contributed by atoms with E-state index in [0.717, 1.165) is 48.9 Å². The number of carbonyl (C=O) groups excluding carboxylic acids is 1. The van der Waals surface area contributed by atoms with E-state index >= 15 is 0 Å². The first-order valence-corrected chi connectivity index (χ1v) is 10.8. The standard InChI is InChI=1S/C23H23N3O2S/c1-12-19-13(2)24-21(15-9-10-15)25-22(19)29-20(12)23(27)26(4)14(3)18-11-16-7-5-6-8-17(16)28-18/h5-8,11,14-15H,9-10H2,1-4H3/t14-/m0/s1. The molecular weight excluding hydrogens is 382 g/mol. The number of fused-ring (bicyclic) bond motifs is 2. The first kappa shape index (κ1) is 18.3. The van der Waals surface area contributed by atoms with Gasteiger partial charge in [-0.2, -0.15) is 0 Å². The van der Waals surface area contributed by atoms with Crippen LogP contribution in [0.25, 0.3) is 21.2 Å². The number of hydrogen-bond donors (Lipinski definition) is 0. The van der Waals surface area contributed by atoms with Crippen LogP contribution in [0, 0.1) is 13.8 Å². The van der Waals surface area contributed by atoms with Crippen molar-refractivity contribution in [1.82, 2.24) is 14.9 Å². The van der Waals surface area contributed by atoms with Gasteiger partial charge in [-0.3, -0.25) is 4.79 Å². The summed E-state index contributed by atoms with van der Waals surface area (Å²) in [4.78, 5) is 26.2. The molecule has 0 spiro atoms. The topological polar surface area (TPSA) is 59.2 Å². The molecule has 1 aromatic carbocycles. The lowest BCUT2D eigenvalue weighted by Crippen LogP contribution is -2.29. The minimum absolute atomic E-state index is 0.00849. The summed E-state index contributed by atoms with van der Waals surface area (Å²) >= 11 is 1.48. The Kier molecular flexibility index (Phi) is 4.21. The maximum atomic E-state index is 13.4. The molecule has 5 nitrogen and oxygen atoms in total. The van der Waals surface area contributed by atoms with E-state index in [9.17, 15) is 4.79 Å². The molecule has 1 fully saturated rings. The first-order valence-electron chi connectivity index (χ1n) is 9.97. The molecule has 1 aliphatic rings. The number of nitrogens with zero attached hydrogens (tertiary/aromatic N) is 3. The summed E-state index contributed by atoms with van der Waals surface area (Å²) in [5.41, 5.74) is 2.78. The zero-order chi connectivity index (χ0) is 20.3. The Morgan fingerprint density at radius 3 is 2.72 bits per heavy atom. The fraction of sp³-hybridized carbons (Fsp3) is 0.348. The lowest BCUT2D eigenvalue weighted by molar-refractivity contribution is 0.0732. The quantitative estimate of drug-likeness (QED) is 0.433. The van der Waals surface area contributed by atoms with Crippen molar-refractivity contribution in [2.24, 2.45) is 0 Å². The van der Waals surface area contributed by atoms with E-state index in [4.69, 9.17) is 14.4 Å². The van der Waals surface area contributed by atoms with Crippen molar-refractivity contribution >= 4 is 38.4 Å². The minimum Gasteiger partial charge on any atom is -0.459 e. The summed E-state index contributed by atoms with van der Waals surface area (Å²) < 4.78 is 5.98. The van der Waals surface area contributed by atoms with Crippen LogP contribution in [0.1, 0.15) is 64.2 Å². The number of furan rings is 1. The molecule has 5 rings (SSSR count). The predicted molar refractivity (Wildman–Crippen MR) is 116 cm³/mol. The molecule has 4 aromatic rings. The maximum absolute atomic E-state index is 13.4.